The molecule has 0 aromatic carbocycles. The number of nitrogens with zero attached hydrogens (tertiary/aromatic N) is 1. The molecule has 0 unspecified atom stereocenters. The van der Waals surface area contributed by atoms with E-state index in [9.17, 15) is 0 Å². The van der Waals surface area contributed by atoms with E-state index in [4.69, 9.17) is 0 Å². The lowest BCUT2D eigenvalue weighted by atomic mass is 10.1. The Balaban J connectivity index is 1.21. The third-order valence-electron chi connectivity index (χ3n) is 5.29. The Morgan fingerprint density at radius 3 is 2.06 bits per heavy atom. The van der Waals surface area contributed by atoms with Crippen molar-refractivity contribution in [2.75, 3.05) is 19.6 Å². The van der Waals surface area contributed by atoms with Gasteiger partial charge in [-0.3, -0.25) is 4.90 Å². The Bertz CT molecular complexity index is 275. The summed E-state index contributed by atoms with van der Waals surface area (Å²) in [4.78, 5) is 2.79. The van der Waals surface area contributed by atoms with E-state index in [1.807, 2.05) is 0 Å². The van der Waals surface area contributed by atoms with E-state index in [0.717, 1.165) is 29.8 Å². The van der Waals surface area contributed by atoms with Gasteiger partial charge in [0, 0.05) is 31.7 Å². The number of rotatable bonds is 9. The monoisotopic (exact) mass is 248 g/mol. The fraction of sp³-hybridized carbons (Fsp3) is 1.00. The van der Waals surface area contributed by atoms with Crippen molar-refractivity contribution in [3.63, 3.8) is 0 Å². The molecule has 0 bridgehead atoms. The molecule has 0 atom stereocenters. The van der Waals surface area contributed by atoms with E-state index >= 15 is 0 Å². The highest BCUT2D eigenvalue weighted by atomic mass is 15.2. The first-order chi connectivity index (χ1) is 8.90. The first-order valence-corrected chi connectivity index (χ1v) is 8.37. The van der Waals surface area contributed by atoms with Crippen LogP contribution in [0.2, 0.25) is 0 Å². The van der Waals surface area contributed by atoms with E-state index in [1.54, 1.807) is 0 Å². The molecule has 0 aromatic rings. The quantitative estimate of drug-likeness (QED) is 0.675. The fourth-order valence-corrected chi connectivity index (χ4v) is 3.50. The summed E-state index contributed by atoms with van der Waals surface area (Å²) in [5.41, 5.74) is 0. The lowest BCUT2D eigenvalue weighted by Crippen LogP contribution is -2.40. The first-order valence-electron chi connectivity index (χ1n) is 8.37. The summed E-state index contributed by atoms with van der Waals surface area (Å²) >= 11 is 0. The molecule has 4 aliphatic rings. The van der Waals surface area contributed by atoms with E-state index in [0.29, 0.717) is 0 Å². The van der Waals surface area contributed by atoms with Gasteiger partial charge in [0.25, 0.3) is 0 Å². The van der Waals surface area contributed by atoms with Crippen LogP contribution in [0.15, 0.2) is 0 Å². The van der Waals surface area contributed by atoms with Gasteiger partial charge >= 0.3 is 0 Å². The second kappa shape index (κ2) is 4.79. The van der Waals surface area contributed by atoms with Crippen LogP contribution in [0.3, 0.4) is 0 Å². The molecular weight excluding hydrogens is 220 g/mol. The van der Waals surface area contributed by atoms with Crippen LogP contribution in [0.1, 0.15) is 51.4 Å². The number of hydrogen-bond donors (Lipinski definition) is 1. The molecule has 0 radical (unpaired) electrons. The Morgan fingerprint density at radius 2 is 1.56 bits per heavy atom. The molecule has 2 nitrogen and oxygen atoms in total. The lowest BCUT2D eigenvalue weighted by molar-refractivity contribution is 0.244. The summed E-state index contributed by atoms with van der Waals surface area (Å²) in [5.74, 6) is 3.17. The third-order valence-corrected chi connectivity index (χ3v) is 5.29. The van der Waals surface area contributed by atoms with Crippen LogP contribution in [0.5, 0.6) is 0 Å². The molecule has 4 saturated carbocycles. The van der Waals surface area contributed by atoms with Crippen molar-refractivity contribution in [3.8, 4) is 0 Å². The molecule has 4 aliphatic carbocycles. The molecule has 2 heteroatoms. The van der Waals surface area contributed by atoms with Gasteiger partial charge in [0.1, 0.15) is 0 Å². The number of hydrogen-bond acceptors (Lipinski definition) is 2. The van der Waals surface area contributed by atoms with Crippen molar-refractivity contribution in [1.29, 1.82) is 0 Å². The van der Waals surface area contributed by atoms with Crippen molar-refractivity contribution in [1.82, 2.24) is 10.2 Å². The van der Waals surface area contributed by atoms with Crippen LogP contribution in [0.4, 0.5) is 0 Å². The zero-order chi connectivity index (χ0) is 11.9. The molecule has 4 rings (SSSR count). The summed E-state index contributed by atoms with van der Waals surface area (Å²) in [6, 6.07) is 1.86. The first kappa shape index (κ1) is 11.7. The molecule has 102 valence electrons. The molecule has 4 fully saturated rings. The van der Waals surface area contributed by atoms with Crippen molar-refractivity contribution < 1.29 is 0 Å². The van der Waals surface area contributed by atoms with Crippen LogP contribution >= 0.6 is 0 Å². The Morgan fingerprint density at radius 1 is 0.889 bits per heavy atom. The average Bonchev–Trinajstić information content (AvgIpc) is 3.24. The van der Waals surface area contributed by atoms with Crippen molar-refractivity contribution >= 4 is 0 Å². The molecular formula is C16H28N2. The molecule has 0 aromatic heterocycles. The highest BCUT2D eigenvalue weighted by Gasteiger charge is 2.41. The molecule has 0 saturated heterocycles. The van der Waals surface area contributed by atoms with E-state index in [1.165, 1.54) is 71.0 Å². The maximum absolute atomic E-state index is 3.91. The van der Waals surface area contributed by atoms with Gasteiger partial charge in [-0.2, -0.15) is 0 Å². The largest absolute Gasteiger partial charge is 0.312 e. The van der Waals surface area contributed by atoms with Crippen LogP contribution < -0.4 is 5.32 Å². The van der Waals surface area contributed by atoms with Crippen LogP contribution in [0.25, 0.3) is 0 Å². The predicted octanol–water partition coefficient (Wildman–Crippen LogP) is 2.64. The molecule has 0 heterocycles. The topological polar surface area (TPSA) is 15.3 Å². The maximum Gasteiger partial charge on any atom is 0.0124 e. The summed E-state index contributed by atoms with van der Waals surface area (Å²) in [5, 5.41) is 3.91. The summed E-state index contributed by atoms with van der Waals surface area (Å²) in [6.45, 7) is 3.97. The highest BCUT2D eigenvalue weighted by molar-refractivity contribution is 4.96. The van der Waals surface area contributed by atoms with E-state index in [-0.39, 0.29) is 0 Å². The lowest BCUT2D eigenvalue weighted by Gasteiger charge is -2.24. The molecule has 0 amide bonds. The minimum absolute atomic E-state index is 0.895. The van der Waals surface area contributed by atoms with E-state index < -0.39 is 0 Å². The Kier molecular flexibility index (Phi) is 3.12. The molecule has 0 aliphatic heterocycles. The van der Waals surface area contributed by atoms with Crippen LogP contribution in [0, 0.1) is 17.8 Å². The normalized spacial score (nSPS) is 28.3. The van der Waals surface area contributed by atoms with Crippen molar-refractivity contribution in [3.05, 3.63) is 0 Å². The summed E-state index contributed by atoms with van der Waals surface area (Å²) < 4.78 is 0. The Hall–Kier alpha value is -0.0800. The standard InChI is InChI=1S/C16H28N2/c1-2-12(1)11-18(15-7-8-15)10-9-17-16(13-3-4-13)14-5-6-14/h12-17H,1-11H2. The van der Waals surface area contributed by atoms with Crippen LogP contribution in [-0.2, 0) is 0 Å². The zero-order valence-corrected chi connectivity index (χ0v) is 11.6. The second-order valence-corrected chi connectivity index (χ2v) is 7.32. The zero-order valence-electron chi connectivity index (χ0n) is 11.6. The SMILES string of the molecule is C(CN(CC1CC1)C1CC1)NC(C1CC1)C1CC1. The third kappa shape index (κ3) is 3.08. The van der Waals surface area contributed by atoms with Crippen LogP contribution in [-0.4, -0.2) is 36.6 Å². The minimum Gasteiger partial charge on any atom is -0.312 e. The second-order valence-electron chi connectivity index (χ2n) is 7.32. The predicted molar refractivity (Wildman–Crippen MR) is 74.6 cm³/mol. The van der Waals surface area contributed by atoms with Gasteiger partial charge in [-0.15, -0.1) is 0 Å². The fourth-order valence-electron chi connectivity index (χ4n) is 3.50. The average molecular weight is 248 g/mol. The Labute approximate surface area is 111 Å². The van der Waals surface area contributed by atoms with Gasteiger partial charge in [0.15, 0.2) is 0 Å². The van der Waals surface area contributed by atoms with Crippen molar-refractivity contribution in [2.24, 2.45) is 17.8 Å². The van der Waals surface area contributed by atoms with Gasteiger partial charge in [-0.1, -0.05) is 0 Å². The summed E-state index contributed by atoms with van der Waals surface area (Å²) in [7, 11) is 0. The maximum atomic E-state index is 3.91. The number of nitrogens with one attached hydrogen (secondary N) is 1. The van der Waals surface area contributed by atoms with Gasteiger partial charge in [0.05, 0.1) is 0 Å². The molecule has 1 N–H and O–H groups in total. The summed E-state index contributed by atoms with van der Waals surface area (Å²) in [6.07, 6.45) is 12.0. The van der Waals surface area contributed by atoms with E-state index in [2.05, 4.69) is 10.2 Å². The minimum atomic E-state index is 0.895. The van der Waals surface area contributed by atoms with Gasteiger partial charge < -0.3 is 5.32 Å². The van der Waals surface area contributed by atoms with Gasteiger partial charge in [0.2, 0.25) is 0 Å². The van der Waals surface area contributed by atoms with Gasteiger partial charge in [-0.05, 0) is 69.1 Å². The smallest absolute Gasteiger partial charge is 0.0124 e. The molecule has 0 spiro atoms. The molecule has 18 heavy (non-hydrogen) atoms. The highest BCUT2D eigenvalue weighted by Crippen LogP contribution is 2.44. The van der Waals surface area contributed by atoms with Crippen molar-refractivity contribution in [2.45, 2.75) is 63.5 Å². The van der Waals surface area contributed by atoms with Gasteiger partial charge in [-0.25, -0.2) is 0 Å².